The van der Waals surface area contributed by atoms with Crippen molar-refractivity contribution in [1.29, 1.82) is 0 Å². The van der Waals surface area contributed by atoms with Gasteiger partial charge in [-0.1, -0.05) is 36.1 Å². The number of rotatable bonds is 5. The summed E-state index contributed by atoms with van der Waals surface area (Å²) in [5, 5.41) is 19.8. The Morgan fingerprint density at radius 3 is 2.62 bits per heavy atom. The average Bonchev–Trinajstić information content (AvgIpc) is 2.94. The van der Waals surface area contributed by atoms with E-state index in [-0.39, 0.29) is 6.10 Å². The minimum atomic E-state index is -0.503. The number of aliphatic hydroxyl groups excluding tert-OH is 1. The van der Waals surface area contributed by atoms with Gasteiger partial charge >= 0.3 is 0 Å². The van der Waals surface area contributed by atoms with Crippen molar-refractivity contribution >= 4 is 0 Å². The minimum Gasteiger partial charge on any atom is -0.393 e. The first-order valence-electron chi connectivity index (χ1n) is 11.1. The fraction of sp³-hybridized carbons (Fsp3) is 0.833. The molecule has 0 aromatic heterocycles. The minimum absolute atomic E-state index is 0.106. The summed E-state index contributed by atoms with van der Waals surface area (Å²) in [6, 6.07) is 0. The predicted octanol–water partition coefficient (Wildman–Crippen LogP) is 6.08. The molecule has 3 aliphatic carbocycles. The Labute approximate surface area is 160 Å². The van der Waals surface area contributed by atoms with E-state index in [1.54, 1.807) is 5.57 Å². The molecular weight excluding hydrogens is 320 g/mol. The Bertz CT molecular complexity index is 525. The van der Waals surface area contributed by atoms with Gasteiger partial charge in [-0.25, -0.2) is 0 Å². The molecule has 3 saturated carbocycles. The lowest BCUT2D eigenvalue weighted by molar-refractivity contribution is 0.0666. The molecule has 0 aromatic carbocycles. The number of hydrogen-bond donors (Lipinski definition) is 2. The lowest BCUT2D eigenvalue weighted by Crippen LogP contribution is -2.22. The highest BCUT2D eigenvalue weighted by Crippen LogP contribution is 2.53. The summed E-state index contributed by atoms with van der Waals surface area (Å²) in [5.74, 6) is 0.878. The second-order valence-electron chi connectivity index (χ2n) is 10.2. The van der Waals surface area contributed by atoms with Crippen LogP contribution in [0.3, 0.4) is 0 Å². The monoisotopic (exact) mass is 360 g/mol. The molecule has 0 aliphatic heterocycles. The van der Waals surface area contributed by atoms with Gasteiger partial charge in [0.25, 0.3) is 0 Å². The fourth-order valence-electron chi connectivity index (χ4n) is 5.73. The SMILES string of the molecule is CC(C)(O)CCC[C@@H]1CC[C@]2(CCC/C(=C\C=C3\CCC[C@H](O)C3)C2)C1. The average molecular weight is 361 g/mol. The molecule has 2 heteroatoms. The molecule has 0 aromatic rings. The summed E-state index contributed by atoms with van der Waals surface area (Å²) in [5.41, 5.74) is 3.18. The Morgan fingerprint density at radius 2 is 1.85 bits per heavy atom. The van der Waals surface area contributed by atoms with Crippen LogP contribution >= 0.6 is 0 Å². The van der Waals surface area contributed by atoms with Crippen molar-refractivity contribution in [2.45, 2.75) is 115 Å². The van der Waals surface area contributed by atoms with Crippen LogP contribution in [-0.4, -0.2) is 21.9 Å². The van der Waals surface area contributed by atoms with Crippen LogP contribution in [0.15, 0.2) is 23.3 Å². The molecule has 2 nitrogen and oxygen atoms in total. The highest BCUT2D eigenvalue weighted by Gasteiger charge is 2.40. The van der Waals surface area contributed by atoms with Crippen molar-refractivity contribution in [3.63, 3.8) is 0 Å². The standard InChI is InChI=1S/C24H40O2/c1-23(2,26)13-4-7-21-12-15-24(18-21)14-5-8-20(17-24)11-10-19-6-3-9-22(25)16-19/h10-11,21-22,25-26H,3-9,12-18H2,1-2H3/b19-10-,20-11+/t21-,22+,24+/m1/s1. The van der Waals surface area contributed by atoms with E-state index in [9.17, 15) is 10.2 Å². The van der Waals surface area contributed by atoms with Gasteiger partial charge in [-0.15, -0.1) is 0 Å². The van der Waals surface area contributed by atoms with Crippen LogP contribution in [0.25, 0.3) is 0 Å². The molecule has 0 saturated heterocycles. The van der Waals surface area contributed by atoms with Gasteiger partial charge in [0.05, 0.1) is 11.7 Å². The molecule has 148 valence electrons. The molecule has 0 radical (unpaired) electrons. The summed E-state index contributed by atoms with van der Waals surface area (Å²) in [4.78, 5) is 0. The van der Waals surface area contributed by atoms with Gasteiger partial charge in [0, 0.05) is 0 Å². The zero-order valence-corrected chi connectivity index (χ0v) is 17.1. The van der Waals surface area contributed by atoms with Gasteiger partial charge in [0.1, 0.15) is 0 Å². The Morgan fingerprint density at radius 1 is 1.08 bits per heavy atom. The summed E-state index contributed by atoms with van der Waals surface area (Å²) >= 11 is 0. The number of aliphatic hydroxyl groups is 2. The molecule has 26 heavy (non-hydrogen) atoms. The van der Waals surface area contributed by atoms with E-state index in [1.165, 1.54) is 69.8 Å². The first-order chi connectivity index (χ1) is 12.3. The van der Waals surface area contributed by atoms with E-state index >= 15 is 0 Å². The maximum absolute atomic E-state index is 9.92. The third-order valence-electron chi connectivity index (χ3n) is 7.10. The topological polar surface area (TPSA) is 40.5 Å². The van der Waals surface area contributed by atoms with Gasteiger partial charge in [0.15, 0.2) is 0 Å². The van der Waals surface area contributed by atoms with Gasteiger partial charge in [0.2, 0.25) is 0 Å². The van der Waals surface area contributed by atoms with Gasteiger partial charge in [-0.3, -0.25) is 0 Å². The third-order valence-corrected chi connectivity index (χ3v) is 7.10. The van der Waals surface area contributed by atoms with Crippen LogP contribution in [0.5, 0.6) is 0 Å². The molecule has 3 atom stereocenters. The highest BCUT2D eigenvalue weighted by molar-refractivity contribution is 5.22. The van der Waals surface area contributed by atoms with Crippen LogP contribution in [0, 0.1) is 11.3 Å². The Kier molecular flexibility index (Phi) is 6.67. The maximum atomic E-state index is 9.92. The molecular formula is C24H40O2. The molecule has 3 aliphatic rings. The normalized spacial score (nSPS) is 36.3. The van der Waals surface area contributed by atoms with Crippen LogP contribution in [0.2, 0.25) is 0 Å². The smallest absolute Gasteiger partial charge is 0.0591 e. The first-order valence-corrected chi connectivity index (χ1v) is 11.1. The molecule has 0 amide bonds. The molecule has 2 N–H and O–H groups in total. The van der Waals surface area contributed by atoms with Gasteiger partial charge in [-0.05, 0) is 102 Å². The van der Waals surface area contributed by atoms with Crippen molar-refractivity contribution in [1.82, 2.24) is 0 Å². The number of hydrogen-bond acceptors (Lipinski definition) is 2. The van der Waals surface area contributed by atoms with Crippen LogP contribution in [0.4, 0.5) is 0 Å². The molecule has 3 fully saturated rings. The largest absolute Gasteiger partial charge is 0.393 e. The van der Waals surface area contributed by atoms with E-state index < -0.39 is 5.60 Å². The van der Waals surface area contributed by atoms with E-state index in [0.717, 1.165) is 31.6 Å². The molecule has 1 spiro atoms. The second kappa shape index (κ2) is 8.61. The highest BCUT2D eigenvalue weighted by atomic mass is 16.3. The van der Waals surface area contributed by atoms with E-state index in [1.807, 2.05) is 13.8 Å². The second-order valence-corrected chi connectivity index (χ2v) is 10.2. The number of allylic oxidation sites excluding steroid dienone is 3. The van der Waals surface area contributed by atoms with E-state index in [2.05, 4.69) is 12.2 Å². The van der Waals surface area contributed by atoms with Crippen molar-refractivity contribution in [2.75, 3.05) is 0 Å². The van der Waals surface area contributed by atoms with Gasteiger partial charge in [-0.2, -0.15) is 0 Å². The van der Waals surface area contributed by atoms with Crippen LogP contribution in [0.1, 0.15) is 104 Å². The van der Waals surface area contributed by atoms with Gasteiger partial charge < -0.3 is 10.2 Å². The lowest BCUT2D eigenvalue weighted by atomic mass is 9.70. The van der Waals surface area contributed by atoms with E-state index in [4.69, 9.17) is 0 Å². The van der Waals surface area contributed by atoms with Crippen molar-refractivity contribution in [3.05, 3.63) is 23.3 Å². The zero-order valence-electron chi connectivity index (χ0n) is 17.1. The van der Waals surface area contributed by atoms with Crippen molar-refractivity contribution in [2.24, 2.45) is 11.3 Å². The molecule has 0 heterocycles. The summed E-state index contributed by atoms with van der Waals surface area (Å²) in [7, 11) is 0. The fourth-order valence-corrected chi connectivity index (χ4v) is 5.73. The first kappa shape index (κ1) is 20.1. The summed E-state index contributed by atoms with van der Waals surface area (Å²) < 4.78 is 0. The molecule has 0 bridgehead atoms. The van der Waals surface area contributed by atoms with Crippen molar-refractivity contribution in [3.8, 4) is 0 Å². The summed E-state index contributed by atoms with van der Waals surface area (Å²) in [6.07, 6.45) is 21.8. The molecule has 0 unspecified atom stereocenters. The maximum Gasteiger partial charge on any atom is 0.0591 e. The lowest BCUT2D eigenvalue weighted by Gasteiger charge is -2.35. The molecule has 3 rings (SSSR count). The third kappa shape index (κ3) is 5.96. The van der Waals surface area contributed by atoms with E-state index in [0.29, 0.717) is 5.41 Å². The predicted molar refractivity (Wildman–Crippen MR) is 109 cm³/mol. The Balaban J connectivity index is 1.51. The summed E-state index contributed by atoms with van der Waals surface area (Å²) in [6.45, 7) is 3.86. The van der Waals surface area contributed by atoms with Crippen LogP contribution in [-0.2, 0) is 0 Å². The quantitative estimate of drug-likeness (QED) is 0.624. The van der Waals surface area contributed by atoms with Crippen molar-refractivity contribution < 1.29 is 10.2 Å². The van der Waals surface area contributed by atoms with Crippen LogP contribution < -0.4 is 0 Å². The Hall–Kier alpha value is -0.600. The zero-order chi connectivity index (χ0) is 18.6.